The van der Waals surface area contributed by atoms with E-state index < -0.39 is 74.9 Å². The van der Waals surface area contributed by atoms with Crippen molar-refractivity contribution in [3.63, 3.8) is 0 Å². The number of rotatable bonds is 33. The van der Waals surface area contributed by atoms with Gasteiger partial charge in [-0.3, -0.25) is 0 Å². The van der Waals surface area contributed by atoms with Gasteiger partial charge < -0.3 is 119 Å². The Hall–Kier alpha value is -1.00. The van der Waals surface area contributed by atoms with E-state index in [1.54, 1.807) is 21.3 Å². The highest BCUT2D eigenvalue weighted by atomic mass is 16.8. The topological polar surface area (TPSA) is 242 Å². The third-order valence-electron chi connectivity index (χ3n) is 39.0. The Morgan fingerprint density at radius 2 is 0.283 bits per heavy atom. The van der Waals surface area contributed by atoms with Crippen LogP contribution >= 0.6 is 0 Å². The van der Waals surface area contributed by atoms with Gasteiger partial charge in [0.2, 0.25) is 0 Å². The van der Waals surface area contributed by atoms with Crippen LogP contribution in [0.4, 0.5) is 0 Å². The molecule has 0 amide bonds. The van der Waals surface area contributed by atoms with Gasteiger partial charge in [-0.25, -0.2) is 0 Å². The van der Waals surface area contributed by atoms with Crippen molar-refractivity contribution in [2.45, 2.75) is 550 Å². The maximum absolute atomic E-state index is 11.1. The quantitative estimate of drug-likeness (QED) is 0.0642. The van der Waals surface area contributed by atoms with E-state index in [1.807, 2.05) is 6.92 Å². The number of ether oxygens (including phenoxy) is 24. The fraction of sp³-hybridized carbons (Fsp3) is 1.00. The van der Waals surface area contributed by atoms with Crippen molar-refractivity contribution in [2.24, 2.45) is 154 Å². The van der Waals surface area contributed by atoms with E-state index >= 15 is 0 Å². The zero-order chi connectivity index (χ0) is 102. The second-order valence-corrected chi connectivity index (χ2v) is 46.4. The van der Waals surface area contributed by atoms with Crippen LogP contribution in [0.1, 0.15) is 340 Å². The fourth-order valence-electron chi connectivity index (χ4n) is 26.1. The van der Waals surface area contributed by atoms with Gasteiger partial charge in [0.1, 0.15) is 48.8 Å². The van der Waals surface area contributed by atoms with Gasteiger partial charge in [0.05, 0.1) is 85.5 Å². The van der Waals surface area contributed by atoms with E-state index in [-0.39, 0.29) is 235 Å². The monoisotopic (exact) mass is 1970 g/mol. The minimum atomic E-state index is -0.655. The van der Waals surface area contributed by atoms with Gasteiger partial charge >= 0.3 is 0 Å². The molecule has 12 fully saturated rings. The molecule has 810 valence electrons. The summed E-state index contributed by atoms with van der Waals surface area (Å²) in [5.74, 6) is 6.36. The first-order chi connectivity index (χ1) is 65.5. The third-order valence-corrected chi connectivity index (χ3v) is 39.0. The summed E-state index contributed by atoms with van der Waals surface area (Å²) in [7, 11) is 5.11. The summed E-state index contributed by atoms with van der Waals surface area (Å²) < 4.78 is 160. The molecule has 0 saturated carbocycles. The van der Waals surface area contributed by atoms with E-state index in [2.05, 4.69) is 256 Å². The van der Waals surface area contributed by atoms with E-state index in [0.29, 0.717) is 53.3 Å². The van der Waals surface area contributed by atoms with Crippen LogP contribution in [0, 0.1) is 154 Å². The molecule has 12 saturated heterocycles. The Morgan fingerprint density at radius 1 is 0.138 bits per heavy atom. The van der Waals surface area contributed by atoms with Crippen LogP contribution in [-0.2, 0) is 114 Å². The summed E-state index contributed by atoms with van der Waals surface area (Å²) in [6.45, 7) is 84.5. The highest BCUT2D eigenvalue weighted by molar-refractivity contribution is 5.00. The van der Waals surface area contributed by atoms with Crippen LogP contribution in [0.3, 0.4) is 0 Å². The summed E-state index contributed by atoms with van der Waals surface area (Å²) in [6.07, 6.45) is 2.53. The van der Waals surface area contributed by atoms with Gasteiger partial charge in [-0.15, -0.1) is 0 Å². The highest BCUT2D eigenvalue weighted by Gasteiger charge is 2.59. The molecule has 0 radical (unpaired) electrons. The molecule has 12 aliphatic heterocycles. The molecule has 1 N–H and O–H groups in total. The minimum absolute atomic E-state index is 0.0232. The lowest BCUT2D eigenvalue weighted by Gasteiger charge is -2.52. The first-order valence-electron chi connectivity index (χ1n) is 56.5. The predicted octanol–water partition coefficient (Wildman–Crippen LogP) is 22.9. The Labute approximate surface area is 839 Å². The van der Waals surface area contributed by atoms with Crippen molar-refractivity contribution in [1.82, 2.24) is 0 Å². The Kier molecular flexibility index (Phi) is 46.2. The van der Waals surface area contributed by atoms with Crippen LogP contribution in [-0.4, -0.2) is 236 Å². The first-order valence-corrected chi connectivity index (χ1v) is 56.5. The van der Waals surface area contributed by atoms with E-state index in [1.165, 1.54) is 0 Å². The number of aliphatic hydroxyl groups is 1. The fourth-order valence-corrected chi connectivity index (χ4v) is 26.1. The molecule has 138 heavy (non-hydrogen) atoms. The molecule has 0 aromatic heterocycles. The van der Waals surface area contributed by atoms with Crippen LogP contribution in [0.25, 0.3) is 0 Å². The Bertz CT molecular complexity index is 3270. The van der Waals surface area contributed by atoms with Gasteiger partial charge in [-0.1, -0.05) is 263 Å². The molecule has 0 bridgehead atoms. The summed E-state index contributed by atoms with van der Waals surface area (Å²) >= 11 is 0. The summed E-state index contributed by atoms with van der Waals surface area (Å²) in [6, 6.07) is 0. The van der Waals surface area contributed by atoms with Crippen molar-refractivity contribution >= 4 is 0 Å². The second kappa shape index (κ2) is 53.6. The molecule has 24 unspecified atom stereocenters. The molecule has 0 spiro atoms. The number of aliphatic hydroxyl groups excluding tert-OH is 1. The van der Waals surface area contributed by atoms with Gasteiger partial charge in [0.25, 0.3) is 0 Å². The number of hydrogen-bond donors (Lipinski definition) is 1. The largest absolute Gasteiger partial charge is 0.392 e. The van der Waals surface area contributed by atoms with Gasteiger partial charge in [0.15, 0.2) is 75.5 Å². The molecular formula is C113H208O25. The first kappa shape index (κ1) is 119. The Morgan fingerprint density at radius 3 is 0.486 bits per heavy atom. The lowest BCUT2D eigenvalue weighted by atomic mass is 9.78. The molecule has 12 aliphatic rings. The van der Waals surface area contributed by atoms with Gasteiger partial charge in [0, 0.05) is 56.8 Å². The molecular weight excluding hydrogens is 1760 g/mol. The second-order valence-electron chi connectivity index (χ2n) is 46.4. The van der Waals surface area contributed by atoms with Crippen LogP contribution in [0.5, 0.6) is 0 Å². The predicted molar refractivity (Wildman–Crippen MR) is 537 cm³/mol. The van der Waals surface area contributed by atoms with Gasteiger partial charge in [-0.2, -0.15) is 0 Å². The number of hydrogen-bond acceptors (Lipinski definition) is 25. The highest BCUT2D eigenvalue weighted by Crippen LogP contribution is 2.52. The SMILES string of the molecule is CCC1O[C@H](OC2[C@@H](OC)OC(CC)[C@@H](C)[C@@H]2C)C(O[C@H]2OC(CC)[C@@H](C)[C@H](C)C2O[C@H]2OC(CC)[C@@H](C)[C@H](O)C2C)[C@@H](C)[C@@H]1C.CCC1O[C@H](OC2[C@@H](OC3[C@@H](OC4[C@@H](OC)OC(CC)[C@@H](C)[C@@H]4C)OC(CC)[C@@H](C)[C@@H]3C)OC(CC)[C@@H](C)[C@@H]2C)C(C)[C@@H](C)[C@@H]1C.CCC1O[C@H](OC2[C@@H](OC3[C@@H](O[C@@H]4C(C)[C@@H](OC)OC(CC)[C@H]4C)OC(CC)[C@@H](C)[C@@H]3C)OC(CC)[C@@H](C)[C@@H]2C)C(C)[C@@H](C)[C@@H]1C. The summed E-state index contributed by atoms with van der Waals surface area (Å²) in [5.41, 5.74) is 0. The molecule has 0 aromatic carbocycles. The average molecular weight is 1970 g/mol. The van der Waals surface area contributed by atoms with Crippen LogP contribution in [0.15, 0.2) is 0 Å². The van der Waals surface area contributed by atoms with Crippen LogP contribution in [0.2, 0.25) is 0 Å². The van der Waals surface area contributed by atoms with E-state index in [9.17, 15) is 5.11 Å². The lowest BCUT2D eigenvalue weighted by molar-refractivity contribution is -0.385. The van der Waals surface area contributed by atoms with E-state index in [4.69, 9.17) is 114 Å². The zero-order valence-corrected chi connectivity index (χ0v) is 94.4. The normalized spacial score (nSPS) is 52.0. The molecule has 0 aromatic rings. The van der Waals surface area contributed by atoms with Crippen LogP contribution < -0.4 is 0 Å². The van der Waals surface area contributed by atoms with Crippen molar-refractivity contribution in [3.8, 4) is 0 Å². The van der Waals surface area contributed by atoms with E-state index in [0.717, 1.165) is 77.0 Å². The molecule has 0 aliphatic carbocycles. The molecule has 12 rings (SSSR count). The summed E-state index contributed by atoms with van der Waals surface area (Å²) in [5, 5.41) is 11.1. The standard InChI is InChI=1S/2C38H70O8.C37H68O9/c1-15-28-20(6)19(5)27(13)35(40-28)44-33-25(11)22(8)30(17-3)42-37(33)46-34-26(12)23(9)31(18-4)43-38(34)45-32-24(10)21(7)29(16-2)41-36(32)39-14;1-15-28-20(6)19(5)25(11)36(41-28)45-33-23(9)21(7)30(17-3)43-38(33)46-34-24(10)22(8)29(16-2)42-37(34)44-32-26(12)31(18-4)40-35(39-14)27(32)13;1-14-26-18(5)21(8)31(35(39-13)41-26)45-37-33(23(10)20(7)28(16-3)43-37)46-36-32(22(9)19(6)27(15-2)42-36)44-34-25(12)30(38)24(11)29(17-4)40-34/h2*19-38H,15-18H2,1-14H3;18-38H,14-17H2,1-13H3/t19-,20-,21-,22-,23-,24-,25-,26-,27?,28?,29?,30?,31?,32?,33?,34?,35+,36-,37+,38+;19-,20-,21-,22-,23-,24-,25?,26+,27?,28?,29?,30?,31?,32-,33?,34?,35-,36+,37+,38+;18-,19-,20-,21-,22-,23-,24+,25?,26?,27?,28?,29?,30-,31?,32?,33?,34+,35-,36+,37+/m000/s1. The molecule has 25 heteroatoms. The van der Waals surface area contributed by atoms with Crippen molar-refractivity contribution in [2.75, 3.05) is 21.3 Å². The van der Waals surface area contributed by atoms with Crippen molar-refractivity contribution in [1.29, 1.82) is 0 Å². The maximum atomic E-state index is 11.1. The van der Waals surface area contributed by atoms with Crippen molar-refractivity contribution in [3.05, 3.63) is 0 Å². The van der Waals surface area contributed by atoms with Crippen molar-refractivity contribution < 1.29 is 119 Å². The molecule has 25 nitrogen and oxygen atoms in total. The molecule has 60 atom stereocenters. The summed E-state index contributed by atoms with van der Waals surface area (Å²) in [4.78, 5) is 0. The smallest absolute Gasteiger partial charge is 0.185 e. The average Bonchev–Trinajstić information content (AvgIpc) is 0.770. The third kappa shape index (κ3) is 26.1. The minimum Gasteiger partial charge on any atom is -0.392 e. The van der Waals surface area contributed by atoms with Gasteiger partial charge in [-0.05, 0) is 195 Å². The molecule has 12 heterocycles. The Balaban J connectivity index is 0.000000214. The maximum Gasteiger partial charge on any atom is 0.185 e. The number of methoxy groups -OCH3 is 3. The zero-order valence-electron chi connectivity index (χ0n) is 94.4. The lowest BCUT2D eigenvalue weighted by Crippen LogP contribution is -2.61.